The predicted molar refractivity (Wildman–Crippen MR) is 115 cm³/mol. The lowest BCUT2D eigenvalue weighted by Gasteiger charge is -2.34. The lowest BCUT2D eigenvalue weighted by molar-refractivity contribution is 0.590. The summed E-state index contributed by atoms with van der Waals surface area (Å²) in [7, 11) is -1.87. The molecule has 0 bridgehead atoms. The molecule has 25 heavy (non-hydrogen) atoms. The van der Waals surface area contributed by atoms with Crippen LogP contribution in [0.1, 0.15) is 39.7 Å². The quantitative estimate of drug-likeness (QED) is 0.473. The Balaban J connectivity index is 2.16. The lowest BCUT2D eigenvalue weighted by atomic mass is 9.86. The highest BCUT2D eigenvalue weighted by Gasteiger charge is 2.42. The molecule has 0 fully saturated rings. The summed E-state index contributed by atoms with van der Waals surface area (Å²) in [6.07, 6.45) is 5.94. The fourth-order valence-corrected chi connectivity index (χ4v) is 6.37. The number of benzene rings is 2. The largest absolute Gasteiger partial charge is 0.166 e. The van der Waals surface area contributed by atoms with Crippen LogP contribution in [0.25, 0.3) is 23.3 Å². The first-order valence-corrected chi connectivity index (χ1v) is 13.2. The van der Waals surface area contributed by atoms with Gasteiger partial charge in [-0.1, -0.05) is 95.4 Å². The highest BCUT2D eigenvalue weighted by molar-refractivity contribution is 7.21. The van der Waals surface area contributed by atoms with Gasteiger partial charge in [0.25, 0.3) is 0 Å². The van der Waals surface area contributed by atoms with Crippen molar-refractivity contribution in [1.82, 2.24) is 0 Å². The van der Waals surface area contributed by atoms with E-state index in [2.05, 4.69) is 95.4 Å². The highest BCUT2D eigenvalue weighted by Crippen LogP contribution is 2.48. The van der Waals surface area contributed by atoms with Crippen LogP contribution >= 0.6 is 11.1 Å². The third-order valence-electron chi connectivity index (χ3n) is 5.71. The molecule has 3 rings (SSSR count). The maximum atomic E-state index is 6.93. The molecule has 1 aliphatic carbocycles. The molecule has 0 nitrogen and oxygen atoms in total. The summed E-state index contributed by atoms with van der Waals surface area (Å²) >= 11 is 6.93. The van der Waals surface area contributed by atoms with Gasteiger partial charge in [0.2, 0.25) is 0 Å². The number of rotatable bonds is 3. The maximum Gasteiger partial charge on any atom is 0.164 e. The maximum absolute atomic E-state index is 6.93. The van der Waals surface area contributed by atoms with Crippen molar-refractivity contribution in [3.05, 3.63) is 58.5 Å². The van der Waals surface area contributed by atoms with E-state index in [4.69, 9.17) is 11.1 Å². The van der Waals surface area contributed by atoms with Gasteiger partial charge >= 0.3 is 0 Å². The molecule has 0 aromatic heterocycles. The van der Waals surface area contributed by atoms with E-state index in [0.29, 0.717) is 0 Å². The van der Waals surface area contributed by atoms with Crippen LogP contribution in [0.2, 0.25) is 18.1 Å². The van der Waals surface area contributed by atoms with Gasteiger partial charge in [0, 0.05) is 5.04 Å². The van der Waals surface area contributed by atoms with Gasteiger partial charge in [-0.25, -0.2) is 0 Å². The van der Waals surface area contributed by atoms with Gasteiger partial charge in [-0.15, -0.1) is 0 Å². The highest BCUT2D eigenvalue weighted by atomic mass is 35.6. The molecule has 0 N–H and O–H groups in total. The van der Waals surface area contributed by atoms with Crippen molar-refractivity contribution < 1.29 is 0 Å². The summed E-state index contributed by atoms with van der Waals surface area (Å²) < 4.78 is 0. The Hall–Kier alpha value is -1.31. The summed E-state index contributed by atoms with van der Waals surface area (Å²) in [5, 5.41) is 2.73. The van der Waals surface area contributed by atoms with Crippen molar-refractivity contribution in [2.24, 2.45) is 0 Å². The number of fused-ring (bicyclic) bond motifs is 1. The van der Waals surface area contributed by atoms with Gasteiger partial charge in [0.15, 0.2) is 7.38 Å². The van der Waals surface area contributed by atoms with Gasteiger partial charge in [0.05, 0.1) is 0 Å². The molecule has 1 atom stereocenters. The molecule has 0 aliphatic heterocycles. The van der Waals surface area contributed by atoms with Crippen molar-refractivity contribution in [2.75, 3.05) is 0 Å². The lowest BCUT2D eigenvalue weighted by Crippen LogP contribution is -2.33. The summed E-state index contributed by atoms with van der Waals surface area (Å²) in [6, 6.07) is 15.7. The molecule has 0 saturated carbocycles. The molecule has 1 aliphatic rings. The SMILES string of the molecule is CCC1([Si](C)(C)Cl)C=c2cccc(-c3ccc(C(C)(C)C)cc3)c2=C1. The van der Waals surface area contributed by atoms with Gasteiger partial charge in [-0.2, -0.15) is 11.1 Å². The molecular formula is C23H29ClSi. The minimum absolute atomic E-state index is 0.0400. The average molecular weight is 369 g/mol. The molecule has 0 saturated heterocycles. The van der Waals surface area contributed by atoms with Crippen molar-refractivity contribution >= 4 is 30.6 Å². The Kier molecular flexibility index (Phi) is 4.54. The van der Waals surface area contributed by atoms with Gasteiger partial charge < -0.3 is 0 Å². The topological polar surface area (TPSA) is 0 Å². The van der Waals surface area contributed by atoms with Crippen LogP contribution in [-0.2, 0) is 5.41 Å². The number of halogens is 1. The minimum Gasteiger partial charge on any atom is -0.166 e. The van der Waals surface area contributed by atoms with Crippen LogP contribution in [0, 0.1) is 0 Å². The molecular weight excluding hydrogens is 340 g/mol. The van der Waals surface area contributed by atoms with Crippen LogP contribution in [0.15, 0.2) is 42.5 Å². The van der Waals surface area contributed by atoms with Crippen LogP contribution < -0.4 is 10.4 Å². The Bertz CT molecular complexity index is 895. The smallest absolute Gasteiger partial charge is 0.164 e. The van der Waals surface area contributed by atoms with E-state index >= 15 is 0 Å². The zero-order chi connectivity index (χ0) is 18.5. The van der Waals surface area contributed by atoms with Crippen molar-refractivity contribution in [1.29, 1.82) is 0 Å². The van der Waals surface area contributed by atoms with Gasteiger partial charge in [-0.05, 0) is 39.0 Å². The molecule has 0 spiro atoms. The Morgan fingerprint density at radius 1 is 0.960 bits per heavy atom. The fourth-order valence-electron chi connectivity index (χ4n) is 3.82. The van der Waals surface area contributed by atoms with E-state index in [1.165, 1.54) is 27.1 Å². The summed E-state index contributed by atoms with van der Waals surface area (Å²) in [5.41, 5.74) is 4.16. The first-order valence-electron chi connectivity index (χ1n) is 9.22. The molecule has 2 aromatic rings. The van der Waals surface area contributed by atoms with E-state index in [-0.39, 0.29) is 10.5 Å². The monoisotopic (exact) mass is 368 g/mol. The fraction of sp³-hybridized carbons (Fsp3) is 0.391. The summed E-state index contributed by atoms with van der Waals surface area (Å²) in [6.45, 7) is 13.5. The second-order valence-electron chi connectivity index (χ2n) is 8.79. The van der Waals surface area contributed by atoms with Crippen LogP contribution in [0.5, 0.6) is 0 Å². The molecule has 0 amide bonds. The van der Waals surface area contributed by atoms with Crippen LogP contribution in [-0.4, -0.2) is 7.38 Å². The third-order valence-corrected chi connectivity index (χ3v) is 9.62. The van der Waals surface area contributed by atoms with E-state index in [0.717, 1.165) is 6.42 Å². The molecule has 132 valence electrons. The summed E-state index contributed by atoms with van der Waals surface area (Å²) in [5.74, 6) is 0. The number of hydrogen-bond acceptors (Lipinski definition) is 0. The standard InChI is InChI=1S/C23H29ClSi/c1-7-23(25(5,6)24)15-18-9-8-10-20(21(18)16-23)17-11-13-19(14-12-17)22(2,3)4/h8-16H,7H2,1-6H3. The molecule has 0 radical (unpaired) electrons. The first kappa shape index (κ1) is 18.5. The third kappa shape index (κ3) is 3.25. The second-order valence-corrected chi connectivity index (χ2v) is 15.5. The molecule has 1 unspecified atom stereocenters. The zero-order valence-electron chi connectivity index (χ0n) is 16.3. The normalized spacial score (nSPS) is 20.0. The van der Waals surface area contributed by atoms with Crippen molar-refractivity contribution in [2.45, 2.75) is 57.7 Å². The van der Waals surface area contributed by atoms with Gasteiger partial charge in [0.1, 0.15) is 0 Å². The minimum atomic E-state index is -1.87. The van der Waals surface area contributed by atoms with Crippen LogP contribution in [0.3, 0.4) is 0 Å². The van der Waals surface area contributed by atoms with E-state index in [1.807, 2.05) is 0 Å². The van der Waals surface area contributed by atoms with E-state index < -0.39 is 7.38 Å². The van der Waals surface area contributed by atoms with E-state index in [9.17, 15) is 0 Å². The Morgan fingerprint density at radius 3 is 2.12 bits per heavy atom. The van der Waals surface area contributed by atoms with Crippen LogP contribution in [0.4, 0.5) is 0 Å². The van der Waals surface area contributed by atoms with E-state index in [1.54, 1.807) is 0 Å². The molecule has 0 heterocycles. The van der Waals surface area contributed by atoms with Crippen molar-refractivity contribution in [3.8, 4) is 11.1 Å². The molecule has 2 aromatic carbocycles. The summed E-state index contributed by atoms with van der Waals surface area (Å²) in [4.78, 5) is 0. The Labute approximate surface area is 158 Å². The molecule has 2 heteroatoms. The average Bonchev–Trinajstić information content (AvgIpc) is 2.94. The van der Waals surface area contributed by atoms with Crippen molar-refractivity contribution in [3.63, 3.8) is 0 Å². The zero-order valence-corrected chi connectivity index (χ0v) is 18.0. The number of hydrogen-bond donors (Lipinski definition) is 0. The Morgan fingerprint density at radius 2 is 1.60 bits per heavy atom. The predicted octanol–water partition coefficient (Wildman–Crippen LogP) is 5.82. The van der Waals surface area contributed by atoms with Gasteiger partial charge in [-0.3, -0.25) is 0 Å². The first-order chi connectivity index (χ1) is 11.6. The second kappa shape index (κ2) is 6.14.